The van der Waals surface area contributed by atoms with Gasteiger partial charge in [-0.15, -0.1) is 5.10 Å². The first-order chi connectivity index (χ1) is 18.6. The van der Waals surface area contributed by atoms with Gasteiger partial charge in [0.05, 0.1) is 29.4 Å². The van der Waals surface area contributed by atoms with Crippen LogP contribution in [0.4, 0.5) is 0 Å². The van der Waals surface area contributed by atoms with Gasteiger partial charge in [0.2, 0.25) is 5.91 Å². The Morgan fingerprint density at radius 2 is 1.79 bits per heavy atom. The van der Waals surface area contributed by atoms with E-state index >= 15 is 0 Å². The Bertz CT molecular complexity index is 1250. The van der Waals surface area contributed by atoms with Gasteiger partial charge in [-0.2, -0.15) is 0 Å². The van der Waals surface area contributed by atoms with Crippen LogP contribution in [0.15, 0.2) is 24.4 Å². The van der Waals surface area contributed by atoms with Crippen molar-refractivity contribution < 1.29 is 15.0 Å². The van der Waals surface area contributed by atoms with Crippen LogP contribution in [0, 0.1) is 31.1 Å². The molecule has 4 unspecified atom stereocenters. The van der Waals surface area contributed by atoms with Crippen LogP contribution >= 0.6 is 0 Å². The summed E-state index contributed by atoms with van der Waals surface area (Å²) >= 11 is 0. The van der Waals surface area contributed by atoms with E-state index in [1.165, 1.54) is 36.0 Å². The molecular formula is C32H44N4O3. The summed E-state index contributed by atoms with van der Waals surface area (Å²) in [6.07, 6.45) is 13.3. The topological polar surface area (TPSA) is 100 Å². The highest BCUT2D eigenvalue weighted by atomic mass is 16.3. The molecule has 6 aliphatic carbocycles. The molecule has 1 aromatic heterocycles. The lowest BCUT2D eigenvalue weighted by atomic mass is 9.42. The normalized spacial score (nSPS) is 40.9. The first kappa shape index (κ1) is 25.7. The number of aryl methyl sites for hydroxylation is 2. The summed E-state index contributed by atoms with van der Waals surface area (Å²) in [5.74, 6) is 1.55. The van der Waals surface area contributed by atoms with E-state index in [9.17, 15) is 15.0 Å². The fourth-order valence-corrected chi connectivity index (χ4v) is 9.68. The molecule has 0 saturated heterocycles. The van der Waals surface area contributed by atoms with Crippen molar-refractivity contribution in [3.8, 4) is 0 Å². The summed E-state index contributed by atoms with van der Waals surface area (Å²) < 4.78 is 1.72. The minimum absolute atomic E-state index is 0.0104. The fourth-order valence-electron chi connectivity index (χ4n) is 9.68. The maximum absolute atomic E-state index is 13.9. The molecular weight excluding hydrogens is 488 g/mol. The van der Waals surface area contributed by atoms with Gasteiger partial charge in [0.25, 0.3) is 0 Å². The number of hydrogen-bond donors (Lipinski definition) is 3. The van der Waals surface area contributed by atoms with E-state index in [2.05, 4.69) is 47.7 Å². The van der Waals surface area contributed by atoms with Crippen molar-refractivity contribution in [2.45, 2.75) is 127 Å². The third-order valence-corrected chi connectivity index (χ3v) is 11.4. The molecule has 0 radical (unpaired) electrons. The Morgan fingerprint density at radius 1 is 1.05 bits per heavy atom. The monoisotopic (exact) mass is 532 g/mol. The maximum Gasteiger partial charge on any atom is 0.226 e. The summed E-state index contributed by atoms with van der Waals surface area (Å²) in [6, 6.07) is 7.00. The lowest BCUT2D eigenvalue weighted by Gasteiger charge is -2.62. The molecule has 6 saturated carbocycles. The molecule has 4 atom stereocenters. The van der Waals surface area contributed by atoms with Gasteiger partial charge in [-0.25, -0.2) is 4.68 Å². The van der Waals surface area contributed by atoms with E-state index in [0.717, 1.165) is 50.6 Å². The van der Waals surface area contributed by atoms with Gasteiger partial charge < -0.3 is 15.5 Å². The molecule has 0 aliphatic heterocycles. The molecule has 1 heterocycles. The van der Waals surface area contributed by atoms with Crippen LogP contribution in [0.5, 0.6) is 0 Å². The van der Waals surface area contributed by atoms with Gasteiger partial charge in [0.15, 0.2) is 0 Å². The fraction of sp³-hybridized carbons (Fsp3) is 0.719. The molecule has 6 aliphatic rings. The number of benzene rings is 1. The van der Waals surface area contributed by atoms with Crippen molar-refractivity contribution >= 4 is 5.91 Å². The van der Waals surface area contributed by atoms with Crippen LogP contribution in [-0.2, 0) is 16.8 Å². The number of nitrogens with one attached hydrogen (secondary N) is 1. The lowest BCUT2D eigenvalue weighted by molar-refractivity contribution is -0.153. The van der Waals surface area contributed by atoms with Gasteiger partial charge in [-0.3, -0.25) is 4.79 Å². The van der Waals surface area contributed by atoms with Crippen LogP contribution < -0.4 is 5.32 Å². The van der Waals surface area contributed by atoms with Crippen molar-refractivity contribution in [2.24, 2.45) is 17.3 Å². The molecule has 39 heavy (non-hydrogen) atoms. The number of carbonyl (C=O) groups excluding carboxylic acids is 1. The van der Waals surface area contributed by atoms with E-state index in [1.54, 1.807) is 4.68 Å². The van der Waals surface area contributed by atoms with Crippen LogP contribution in [0.3, 0.4) is 0 Å². The lowest BCUT2D eigenvalue weighted by Crippen LogP contribution is -2.63. The van der Waals surface area contributed by atoms with E-state index < -0.39 is 5.60 Å². The van der Waals surface area contributed by atoms with Gasteiger partial charge in [0.1, 0.15) is 0 Å². The van der Waals surface area contributed by atoms with Crippen LogP contribution in [0.2, 0.25) is 0 Å². The van der Waals surface area contributed by atoms with E-state index in [0.29, 0.717) is 31.2 Å². The predicted molar refractivity (Wildman–Crippen MR) is 148 cm³/mol. The average Bonchev–Trinajstić information content (AvgIpc) is 3.32. The third-order valence-electron chi connectivity index (χ3n) is 11.4. The van der Waals surface area contributed by atoms with Crippen LogP contribution in [-0.4, -0.2) is 48.9 Å². The van der Waals surface area contributed by atoms with Crippen molar-refractivity contribution in [3.63, 3.8) is 0 Å². The third kappa shape index (κ3) is 4.44. The Labute approximate surface area is 231 Å². The Morgan fingerprint density at radius 3 is 2.51 bits per heavy atom. The Hall–Kier alpha value is -2.25. The second kappa shape index (κ2) is 9.13. The molecule has 8 rings (SSSR count). The smallest absolute Gasteiger partial charge is 0.226 e. The maximum atomic E-state index is 13.9. The van der Waals surface area contributed by atoms with E-state index in [1.807, 2.05) is 6.20 Å². The molecule has 7 nitrogen and oxygen atoms in total. The largest absolute Gasteiger partial charge is 0.392 e. The first-order valence-corrected chi connectivity index (χ1v) is 15.3. The van der Waals surface area contributed by atoms with E-state index in [-0.39, 0.29) is 34.8 Å². The molecule has 6 fully saturated rings. The number of aliphatic hydroxyl groups is 2. The zero-order valence-electron chi connectivity index (χ0n) is 23.5. The number of aromatic nitrogens is 3. The van der Waals surface area contributed by atoms with Gasteiger partial charge in [-0.1, -0.05) is 36.3 Å². The number of nitrogens with zero attached hydrogens (tertiary/aromatic N) is 3. The summed E-state index contributed by atoms with van der Waals surface area (Å²) in [7, 11) is 0. The zero-order valence-corrected chi connectivity index (χ0v) is 23.5. The Kier molecular flexibility index (Phi) is 6.02. The van der Waals surface area contributed by atoms with Crippen molar-refractivity contribution in [2.75, 3.05) is 0 Å². The summed E-state index contributed by atoms with van der Waals surface area (Å²) in [5.41, 5.74) is 3.95. The highest BCUT2D eigenvalue weighted by Crippen LogP contribution is 2.66. The molecule has 1 aromatic carbocycles. The van der Waals surface area contributed by atoms with Crippen molar-refractivity contribution in [1.29, 1.82) is 0 Å². The number of hydrogen-bond acceptors (Lipinski definition) is 5. The molecule has 210 valence electrons. The molecule has 7 heteroatoms. The van der Waals surface area contributed by atoms with Crippen molar-refractivity contribution in [3.05, 3.63) is 46.8 Å². The number of aliphatic hydroxyl groups excluding tert-OH is 1. The highest BCUT2D eigenvalue weighted by Gasteiger charge is 2.61. The molecule has 3 N–H and O–H groups in total. The van der Waals surface area contributed by atoms with Crippen LogP contribution in [0.25, 0.3) is 0 Å². The SMILES string of the molecule is Cc1ccc(C23CC4CC(CC(C(=O)NC5CC(O)(Cn6cc(C7CCCCC7O)nn6)C5)(C4)C2)C3)cc1C. The molecule has 2 aromatic rings. The minimum Gasteiger partial charge on any atom is -0.392 e. The summed E-state index contributed by atoms with van der Waals surface area (Å²) in [4.78, 5) is 13.9. The second-order valence-corrected chi connectivity index (χ2v) is 14.4. The summed E-state index contributed by atoms with van der Waals surface area (Å²) in [6.45, 7) is 4.76. The van der Waals surface area contributed by atoms with Gasteiger partial charge in [0, 0.05) is 18.2 Å². The van der Waals surface area contributed by atoms with Crippen molar-refractivity contribution in [1.82, 2.24) is 20.3 Å². The Balaban J connectivity index is 1.00. The molecule has 0 spiro atoms. The predicted octanol–water partition coefficient (Wildman–Crippen LogP) is 4.46. The quantitative estimate of drug-likeness (QED) is 0.510. The molecule has 4 bridgehead atoms. The average molecular weight is 533 g/mol. The first-order valence-electron chi connectivity index (χ1n) is 15.3. The standard InChI is InChI=1S/C32H44N4O3/c1-20-7-8-24(9-21(20)2)30-11-22-10-23(12-30)14-31(13-22,18-30)29(38)33-25-15-32(39,16-25)19-36-17-27(34-35-36)26-5-3-4-6-28(26)37/h7-9,17,22-23,25-26,28,37,39H,3-6,10-16,18-19H2,1-2H3,(H,33,38). The van der Waals surface area contributed by atoms with E-state index in [4.69, 9.17) is 0 Å². The summed E-state index contributed by atoms with van der Waals surface area (Å²) in [5, 5.41) is 33.5. The zero-order chi connectivity index (χ0) is 27.0. The van der Waals surface area contributed by atoms with Gasteiger partial charge >= 0.3 is 0 Å². The number of amides is 1. The number of carbonyl (C=O) groups is 1. The number of rotatable bonds is 6. The molecule has 1 amide bonds. The highest BCUT2D eigenvalue weighted by molar-refractivity contribution is 5.84. The minimum atomic E-state index is -0.879. The second-order valence-electron chi connectivity index (χ2n) is 14.4. The van der Waals surface area contributed by atoms with Gasteiger partial charge in [-0.05, 0) is 112 Å². The van der Waals surface area contributed by atoms with Crippen LogP contribution in [0.1, 0.15) is 105 Å².